The maximum atomic E-state index is 17.1. The van der Waals surface area contributed by atoms with E-state index in [1.54, 1.807) is 4.90 Å². The molecule has 9 rings (SSSR count). The van der Waals surface area contributed by atoms with Gasteiger partial charge in [0.1, 0.15) is 41.8 Å². The lowest BCUT2D eigenvalue weighted by Gasteiger charge is -2.35. The van der Waals surface area contributed by atoms with Crippen LogP contribution in [0.4, 0.5) is 19.4 Å². The number of piperazine rings is 1. The number of β-amino-alcohol motifs (C(OH)–C–C–N with tert-alkyl or cyclic N) is 1. The highest BCUT2D eigenvalue weighted by Crippen LogP contribution is 2.44. The average Bonchev–Trinajstić information content (AvgIpc) is 4.15. The van der Waals surface area contributed by atoms with E-state index in [9.17, 15) is 24.6 Å². The number of phenolic OH excluding ortho intramolecular Hbond substituents is 1. The summed E-state index contributed by atoms with van der Waals surface area (Å²) < 4.78 is 44.4. The number of aliphatic hydroxyl groups excluding tert-OH is 1. The molecule has 2 bridgehead atoms. The second-order valence-electron chi connectivity index (χ2n) is 19.9. The van der Waals surface area contributed by atoms with E-state index in [0.717, 1.165) is 96.4 Å². The Morgan fingerprint density at radius 3 is 2.46 bits per heavy atom. The standard InChI is InChI=1S/C52H65F2N9O7/c1-2-39-42(53)16-13-33-24-38(65)25-40(45(33)39)47-46(54)48-41(26-57-47)49(62-28-34-14-15-35(29-62)58-34)60-50(59-48)70-32-52-19-11-22-63(52)36(17-20-52)31-69-51(68)55-21-10-8-6-4-3-5-7-9-12-43(66)56-27-44(67)61-23-18-37(64)30-61/h1,13,16,24-26,34-37,58,64-65H,3-12,14-15,17-23,27-32H2,(H,55,68)(H,56,66)/t34?,35?,36-,37-,52?/m1/s1. The number of aromatic nitrogens is 3. The molecule has 2 aromatic carbocycles. The van der Waals surface area contributed by atoms with E-state index in [1.165, 1.54) is 30.5 Å². The number of alkyl carbamates (subject to hydrolysis) is 1. The second kappa shape index (κ2) is 22.0. The Hall–Kier alpha value is -5.90. The Balaban J connectivity index is 0.751. The largest absolute Gasteiger partial charge is 0.508 e. The molecule has 4 aromatic rings. The van der Waals surface area contributed by atoms with Gasteiger partial charge in [-0.1, -0.05) is 50.5 Å². The van der Waals surface area contributed by atoms with Gasteiger partial charge in [-0.25, -0.2) is 13.6 Å². The number of fused-ring (bicyclic) bond motifs is 5. The molecule has 16 nitrogen and oxygen atoms in total. The van der Waals surface area contributed by atoms with Crippen molar-refractivity contribution in [1.82, 2.24) is 40.7 Å². The first kappa shape index (κ1) is 49.1. The molecule has 3 amide bonds. The Kier molecular flexibility index (Phi) is 15.5. The van der Waals surface area contributed by atoms with Crippen LogP contribution in [0.5, 0.6) is 11.8 Å². The van der Waals surface area contributed by atoms with Gasteiger partial charge in [-0.3, -0.25) is 19.5 Å². The number of ether oxygens (including phenoxy) is 2. The van der Waals surface area contributed by atoms with Crippen LogP contribution >= 0.6 is 0 Å². The van der Waals surface area contributed by atoms with Gasteiger partial charge in [0.25, 0.3) is 0 Å². The molecule has 0 spiro atoms. The molecular weight excluding hydrogens is 901 g/mol. The van der Waals surface area contributed by atoms with Crippen molar-refractivity contribution in [2.45, 2.75) is 133 Å². The van der Waals surface area contributed by atoms with E-state index in [0.29, 0.717) is 62.2 Å². The summed E-state index contributed by atoms with van der Waals surface area (Å²) in [6, 6.07) is 6.09. The van der Waals surface area contributed by atoms with Crippen molar-refractivity contribution < 1.29 is 42.9 Å². The summed E-state index contributed by atoms with van der Waals surface area (Å²) in [4.78, 5) is 57.3. The first-order valence-corrected chi connectivity index (χ1v) is 25.3. The highest BCUT2D eigenvalue weighted by atomic mass is 19.1. The molecule has 5 aliphatic heterocycles. The number of hydrogen-bond donors (Lipinski definition) is 5. The number of rotatable bonds is 20. The van der Waals surface area contributed by atoms with Crippen LogP contribution in [0.3, 0.4) is 0 Å². The Bertz CT molecular complexity index is 2600. The number of hydrogen-bond acceptors (Lipinski definition) is 13. The molecule has 7 heterocycles. The number of anilines is 1. The van der Waals surface area contributed by atoms with E-state index in [-0.39, 0.29) is 94.7 Å². The Labute approximate surface area is 407 Å². The van der Waals surface area contributed by atoms with Gasteiger partial charge in [-0.2, -0.15) is 9.97 Å². The first-order chi connectivity index (χ1) is 34.0. The zero-order valence-electron chi connectivity index (χ0n) is 39.8. The monoisotopic (exact) mass is 965 g/mol. The summed E-state index contributed by atoms with van der Waals surface area (Å²) >= 11 is 0. The summed E-state index contributed by atoms with van der Waals surface area (Å²) in [5.74, 6) is 1.09. The van der Waals surface area contributed by atoms with E-state index in [4.69, 9.17) is 20.9 Å². The van der Waals surface area contributed by atoms with Crippen LogP contribution in [0.25, 0.3) is 32.9 Å². The summed E-state index contributed by atoms with van der Waals surface area (Å²) in [5, 5.41) is 30.6. The van der Waals surface area contributed by atoms with Gasteiger partial charge in [0.2, 0.25) is 11.8 Å². The van der Waals surface area contributed by atoms with Crippen LogP contribution in [-0.2, 0) is 14.3 Å². The van der Waals surface area contributed by atoms with Gasteiger partial charge >= 0.3 is 12.1 Å². The van der Waals surface area contributed by atoms with E-state index >= 15 is 8.78 Å². The van der Waals surface area contributed by atoms with Crippen LogP contribution in [0.15, 0.2) is 30.5 Å². The van der Waals surface area contributed by atoms with E-state index < -0.39 is 23.8 Å². The van der Waals surface area contributed by atoms with Gasteiger partial charge in [-0.15, -0.1) is 6.42 Å². The SMILES string of the molecule is C#Cc1c(F)ccc2cc(O)cc(-c3ncc4c(N5CC6CCC(C5)N6)nc(OCC56CCCN5[C@@H](COC(=O)NCCCCCCCCCCC(=O)NCC(=O)N5CC[C@@H](O)C5)CC6)nc4c3F)c12. The van der Waals surface area contributed by atoms with Crippen molar-refractivity contribution in [3.8, 4) is 35.4 Å². The minimum absolute atomic E-state index is 0.00477. The molecule has 5 aliphatic rings. The van der Waals surface area contributed by atoms with Crippen molar-refractivity contribution in [2.24, 2.45) is 0 Å². The Morgan fingerprint density at radius 1 is 0.929 bits per heavy atom. The number of terminal acetylenes is 1. The molecule has 5 saturated heterocycles. The molecular formula is C52H65F2N9O7. The fourth-order valence-electron chi connectivity index (χ4n) is 11.5. The molecule has 3 unspecified atom stereocenters. The topological polar surface area (TPSA) is 195 Å². The smallest absolute Gasteiger partial charge is 0.407 e. The molecule has 0 radical (unpaired) electrons. The summed E-state index contributed by atoms with van der Waals surface area (Å²) in [6.45, 7) is 4.10. The van der Waals surface area contributed by atoms with Crippen molar-refractivity contribution in [3.05, 3.63) is 47.7 Å². The first-order valence-electron chi connectivity index (χ1n) is 25.3. The van der Waals surface area contributed by atoms with Gasteiger partial charge in [0.05, 0.1) is 29.1 Å². The van der Waals surface area contributed by atoms with Crippen LogP contribution in [-0.4, -0.2) is 142 Å². The molecule has 5 atom stereocenters. The van der Waals surface area contributed by atoms with Crippen LogP contribution in [0.1, 0.15) is 108 Å². The molecule has 374 valence electrons. The number of likely N-dealkylation sites (tertiary alicyclic amines) is 1. The van der Waals surface area contributed by atoms with Gasteiger partial charge in [-0.05, 0) is 87.9 Å². The van der Waals surface area contributed by atoms with Crippen molar-refractivity contribution in [1.29, 1.82) is 0 Å². The third-order valence-electron chi connectivity index (χ3n) is 15.1. The summed E-state index contributed by atoms with van der Waals surface area (Å²) in [7, 11) is 0. The van der Waals surface area contributed by atoms with Gasteiger partial charge in [0, 0.05) is 74.4 Å². The third kappa shape index (κ3) is 11.0. The number of unbranched alkanes of at least 4 members (excludes halogenated alkanes) is 7. The average molecular weight is 966 g/mol. The number of benzene rings is 2. The lowest BCUT2D eigenvalue weighted by molar-refractivity contribution is -0.132. The normalized spacial score (nSPS) is 22.9. The quantitative estimate of drug-likeness (QED) is 0.0507. The zero-order chi connectivity index (χ0) is 48.8. The fourth-order valence-corrected chi connectivity index (χ4v) is 11.5. The van der Waals surface area contributed by atoms with Gasteiger partial charge in [0.15, 0.2) is 5.82 Å². The second-order valence-corrected chi connectivity index (χ2v) is 19.9. The number of carbonyl (C=O) groups excluding carboxylic acids is 3. The number of amides is 3. The molecule has 5 N–H and O–H groups in total. The maximum Gasteiger partial charge on any atom is 0.407 e. The van der Waals surface area contributed by atoms with Crippen LogP contribution in [0.2, 0.25) is 0 Å². The number of aliphatic hydroxyl groups is 1. The number of phenols is 1. The lowest BCUT2D eigenvalue weighted by atomic mass is 9.95. The molecule has 0 saturated carbocycles. The number of carbonyl (C=O) groups is 3. The number of pyridine rings is 1. The van der Waals surface area contributed by atoms with Crippen molar-refractivity contribution >= 4 is 45.4 Å². The molecule has 0 aliphatic carbocycles. The predicted molar refractivity (Wildman–Crippen MR) is 260 cm³/mol. The fraction of sp³-hybridized carbons (Fsp3) is 0.577. The van der Waals surface area contributed by atoms with Crippen LogP contribution < -0.4 is 25.6 Å². The third-order valence-corrected chi connectivity index (χ3v) is 15.1. The minimum Gasteiger partial charge on any atom is -0.508 e. The minimum atomic E-state index is -0.767. The van der Waals surface area contributed by atoms with E-state index in [2.05, 4.69) is 41.6 Å². The number of halogens is 2. The maximum absolute atomic E-state index is 17.1. The lowest BCUT2D eigenvalue weighted by Crippen LogP contribution is -2.51. The number of aromatic hydroxyl groups is 1. The van der Waals surface area contributed by atoms with Crippen molar-refractivity contribution in [2.75, 3.05) is 63.9 Å². The van der Waals surface area contributed by atoms with Gasteiger partial charge < -0.3 is 45.4 Å². The molecule has 5 fully saturated rings. The zero-order valence-corrected chi connectivity index (χ0v) is 39.8. The highest BCUT2D eigenvalue weighted by molar-refractivity contribution is 6.03. The van der Waals surface area contributed by atoms with E-state index in [1.807, 2.05) is 0 Å². The number of nitrogens with one attached hydrogen (secondary N) is 3. The summed E-state index contributed by atoms with van der Waals surface area (Å²) in [6.07, 6.45) is 20.8. The molecule has 18 heteroatoms. The number of nitrogens with zero attached hydrogens (tertiary/aromatic N) is 6. The van der Waals surface area contributed by atoms with Crippen molar-refractivity contribution in [3.63, 3.8) is 0 Å². The molecule has 70 heavy (non-hydrogen) atoms. The molecule has 2 aromatic heterocycles. The highest BCUT2D eigenvalue weighted by Gasteiger charge is 2.50. The van der Waals surface area contributed by atoms with Crippen LogP contribution in [0, 0.1) is 24.0 Å². The summed E-state index contributed by atoms with van der Waals surface area (Å²) in [5.41, 5.74) is -0.386. The predicted octanol–water partition coefficient (Wildman–Crippen LogP) is 6.07. The Morgan fingerprint density at radius 2 is 1.70 bits per heavy atom.